The fourth-order valence-electron chi connectivity index (χ4n) is 1.81. The lowest BCUT2D eigenvalue weighted by Gasteiger charge is -2.16. The van der Waals surface area contributed by atoms with Crippen LogP contribution >= 0.6 is 0 Å². The molecule has 0 bridgehead atoms. The number of β-amino-alcohol motifs (C(OH)–C–C–N with tert-alkyl or cyclic N) is 1. The van der Waals surface area contributed by atoms with Gasteiger partial charge in [-0.1, -0.05) is 0 Å². The molecule has 1 atom stereocenters. The second kappa shape index (κ2) is 4.47. The summed E-state index contributed by atoms with van der Waals surface area (Å²) in [6, 6.07) is 0. The van der Waals surface area contributed by atoms with Crippen LogP contribution in [0.4, 0.5) is 17.3 Å². The van der Waals surface area contributed by atoms with Crippen LogP contribution < -0.4 is 16.2 Å². The molecule has 92 valence electrons. The maximum absolute atomic E-state index is 11.0. The minimum atomic E-state index is -0.588. The molecule has 2 heterocycles. The van der Waals surface area contributed by atoms with Crippen molar-refractivity contribution in [1.82, 2.24) is 9.97 Å². The quantitative estimate of drug-likeness (QED) is 0.357. The normalized spacial score (nSPS) is 19.4. The van der Waals surface area contributed by atoms with Gasteiger partial charge in [-0.25, -0.2) is 15.8 Å². The second-order valence-electron chi connectivity index (χ2n) is 3.68. The van der Waals surface area contributed by atoms with Crippen LogP contribution in [0.5, 0.6) is 0 Å². The van der Waals surface area contributed by atoms with Gasteiger partial charge in [0.1, 0.15) is 6.33 Å². The van der Waals surface area contributed by atoms with Crippen molar-refractivity contribution in [2.24, 2.45) is 5.84 Å². The molecule has 0 spiro atoms. The molecule has 9 heteroatoms. The van der Waals surface area contributed by atoms with E-state index in [2.05, 4.69) is 15.4 Å². The molecule has 0 aromatic carbocycles. The minimum absolute atomic E-state index is 0.0404. The first-order valence-corrected chi connectivity index (χ1v) is 5.02. The van der Waals surface area contributed by atoms with Crippen molar-refractivity contribution in [2.45, 2.75) is 12.5 Å². The molecule has 0 amide bonds. The smallest absolute Gasteiger partial charge is 0.354 e. The maximum Gasteiger partial charge on any atom is 0.354 e. The summed E-state index contributed by atoms with van der Waals surface area (Å²) in [7, 11) is 0. The molecule has 1 aromatic heterocycles. The summed E-state index contributed by atoms with van der Waals surface area (Å²) in [5, 5.41) is 20.4. The third kappa shape index (κ3) is 2.10. The van der Waals surface area contributed by atoms with Crippen molar-refractivity contribution >= 4 is 17.3 Å². The first-order chi connectivity index (χ1) is 8.13. The van der Waals surface area contributed by atoms with Crippen LogP contribution in [0.1, 0.15) is 6.42 Å². The number of rotatable bonds is 3. The highest BCUT2D eigenvalue weighted by atomic mass is 16.6. The number of hydrogen-bond donors (Lipinski definition) is 3. The van der Waals surface area contributed by atoms with Gasteiger partial charge in [-0.15, -0.1) is 0 Å². The Bertz CT molecular complexity index is 439. The predicted octanol–water partition coefficient (Wildman–Crippen LogP) is -0.759. The summed E-state index contributed by atoms with van der Waals surface area (Å²) in [4.78, 5) is 19.6. The molecule has 0 radical (unpaired) electrons. The number of hydrazine groups is 1. The Labute approximate surface area is 96.4 Å². The van der Waals surface area contributed by atoms with Gasteiger partial charge in [0.2, 0.25) is 11.6 Å². The number of nitrogens with two attached hydrogens (primary N) is 1. The Balaban J connectivity index is 2.42. The van der Waals surface area contributed by atoms with Crippen LogP contribution in [0, 0.1) is 10.1 Å². The zero-order valence-corrected chi connectivity index (χ0v) is 8.91. The summed E-state index contributed by atoms with van der Waals surface area (Å²) < 4.78 is 0. The third-order valence-corrected chi connectivity index (χ3v) is 2.59. The van der Waals surface area contributed by atoms with E-state index in [1.54, 1.807) is 4.90 Å². The monoisotopic (exact) mass is 240 g/mol. The van der Waals surface area contributed by atoms with Crippen LogP contribution in [0.15, 0.2) is 6.33 Å². The van der Waals surface area contributed by atoms with Gasteiger partial charge in [-0.2, -0.15) is 0 Å². The molecule has 1 aromatic rings. The zero-order valence-electron chi connectivity index (χ0n) is 8.91. The van der Waals surface area contributed by atoms with E-state index in [0.717, 1.165) is 0 Å². The lowest BCUT2D eigenvalue weighted by atomic mass is 10.3. The lowest BCUT2D eigenvalue weighted by molar-refractivity contribution is -0.383. The zero-order chi connectivity index (χ0) is 12.4. The van der Waals surface area contributed by atoms with Crippen LogP contribution in [0.2, 0.25) is 0 Å². The summed E-state index contributed by atoms with van der Waals surface area (Å²) >= 11 is 0. The molecule has 4 N–H and O–H groups in total. The van der Waals surface area contributed by atoms with Gasteiger partial charge >= 0.3 is 5.69 Å². The van der Waals surface area contributed by atoms with E-state index in [9.17, 15) is 15.2 Å². The van der Waals surface area contributed by atoms with Gasteiger partial charge in [-0.05, 0) is 6.42 Å². The molecular weight excluding hydrogens is 228 g/mol. The van der Waals surface area contributed by atoms with Gasteiger partial charge < -0.3 is 15.4 Å². The van der Waals surface area contributed by atoms with Crippen LogP contribution in [-0.4, -0.2) is 39.2 Å². The largest absolute Gasteiger partial charge is 0.391 e. The van der Waals surface area contributed by atoms with Crippen molar-refractivity contribution in [3.8, 4) is 0 Å². The summed E-state index contributed by atoms with van der Waals surface area (Å²) in [6.45, 7) is 0.838. The topological polar surface area (TPSA) is 130 Å². The van der Waals surface area contributed by atoms with E-state index in [1.165, 1.54) is 6.33 Å². The van der Waals surface area contributed by atoms with E-state index in [0.29, 0.717) is 19.5 Å². The van der Waals surface area contributed by atoms with Crippen LogP contribution in [0.25, 0.3) is 0 Å². The van der Waals surface area contributed by atoms with E-state index in [4.69, 9.17) is 5.84 Å². The van der Waals surface area contributed by atoms with Crippen molar-refractivity contribution in [3.05, 3.63) is 16.4 Å². The Morgan fingerprint density at radius 1 is 1.65 bits per heavy atom. The van der Waals surface area contributed by atoms with Crippen molar-refractivity contribution in [3.63, 3.8) is 0 Å². The Hall–Kier alpha value is -2.00. The third-order valence-electron chi connectivity index (χ3n) is 2.59. The molecule has 17 heavy (non-hydrogen) atoms. The number of aromatic nitrogens is 2. The maximum atomic E-state index is 11.0. The average molecular weight is 240 g/mol. The predicted molar refractivity (Wildman–Crippen MR) is 59.3 cm³/mol. The molecule has 1 aliphatic heterocycles. The number of nitrogens with zero attached hydrogens (tertiary/aromatic N) is 4. The summed E-state index contributed by atoms with van der Waals surface area (Å²) in [6.07, 6.45) is 1.27. The highest BCUT2D eigenvalue weighted by molar-refractivity contribution is 5.70. The van der Waals surface area contributed by atoms with Crippen molar-refractivity contribution in [1.29, 1.82) is 0 Å². The van der Waals surface area contributed by atoms with Crippen molar-refractivity contribution in [2.75, 3.05) is 23.4 Å². The molecule has 9 nitrogen and oxygen atoms in total. The Kier molecular flexibility index (Phi) is 3.02. The van der Waals surface area contributed by atoms with E-state index >= 15 is 0 Å². The highest BCUT2D eigenvalue weighted by Gasteiger charge is 2.30. The molecule has 1 unspecified atom stereocenters. The number of nitro groups is 1. The van der Waals surface area contributed by atoms with Gasteiger partial charge in [-0.3, -0.25) is 10.1 Å². The number of nitrogen functional groups attached to an aromatic ring is 1. The molecule has 0 aliphatic carbocycles. The fraction of sp³-hybridized carbons (Fsp3) is 0.500. The number of nitrogens with one attached hydrogen (secondary N) is 1. The van der Waals surface area contributed by atoms with E-state index < -0.39 is 11.0 Å². The SMILES string of the molecule is NNc1ncnc(N2CCC(O)C2)c1[N+](=O)[O-]. The van der Waals surface area contributed by atoms with Gasteiger partial charge in [0.05, 0.1) is 11.0 Å². The molecular formula is C8H12N6O3. The standard InChI is InChI=1S/C8H12N6O3/c9-12-7-6(14(16)17)8(11-4-10-7)13-2-1-5(15)3-13/h4-5,15H,1-3,9H2,(H,10,11,12). The number of anilines is 2. The van der Waals surface area contributed by atoms with Crippen LogP contribution in [0.3, 0.4) is 0 Å². The molecule has 2 rings (SSSR count). The van der Waals surface area contributed by atoms with E-state index in [1.807, 2.05) is 0 Å². The first kappa shape index (κ1) is 11.5. The highest BCUT2D eigenvalue weighted by Crippen LogP contribution is 2.32. The lowest BCUT2D eigenvalue weighted by Crippen LogP contribution is -2.24. The number of aliphatic hydroxyl groups is 1. The fourth-order valence-corrected chi connectivity index (χ4v) is 1.81. The first-order valence-electron chi connectivity index (χ1n) is 5.02. The molecule has 1 saturated heterocycles. The minimum Gasteiger partial charge on any atom is -0.391 e. The number of aliphatic hydroxyl groups excluding tert-OH is 1. The van der Waals surface area contributed by atoms with Gasteiger partial charge in [0.25, 0.3) is 0 Å². The van der Waals surface area contributed by atoms with Crippen LogP contribution in [-0.2, 0) is 0 Å². The molecule has 0 saturated carbocycles. The summed E-state index contributed by atoms with van der Waals surface area (Å²) in [5.41, 5.74) is 1.90. The Morgan fingerprint density at radius 2 is 2.41 bits per heavy atom. The van der Waals surface area contributed by atoms with Gasteiger partial charge in [0.15, 0.2) is 0 Å². The number of hydrogen-bond acceptors (Lipinski definition) is 8. The van der Waals surface area contributed by atoms with E-state index in [-0.39, 0.29) is 17.3 Å². The second-order valence-corrected chi connectivity index (χ2v) is 3.68. The van der Waals surface area contributed by atoms with Crippen molar-refractivity contribution < 1.29 is 10.0 Å². The molecule has 1 aliphatic rings. The average Bonchev–Trinajstić information content (AvgIpc) is 2.74. The molecule has 1 fully saturated rings. The Morgan fingerprint density at radius 3 is 2.94 bits per heavy atom. The summed E-state index contributed by atoms with van der Waals surface area (Å²) in [5.74, 6) is 5.31. The van der Waals surface area contributed by atoms with Gasteiger partial charge in [0, 0.05) is 13.1 Å².